The third kappa shape index (κ3) is 4.56. The van der Waals surface area contributed by atoms with E-state index in [4.69, 9.17) is 5.11 Å². The van der Waals surface area contributed by atoms with E-state index in [2.05, 4.69) is 0 Å². The molecule has 0 aliphatic heterocycles. The van der Waals surface area contributed by atoms with Crippen molar-refractivity contribution >= 4 is 5.97 Å². The van der Waals surface area contributed by atoms with Crippen molar-refractivity contribution in [3.8, 4) is 0 Å². The molecule has 1 atom stereocenters. The number of hydrogen-bond donors (Lipinski definition) is 2. The summed E-state index contributed by atoms with van der Waals surface area (Å²) in [5, 5.41) is 17.7. The molecule has 1 aromatic carbocycles. The molecule has 0 aliphatic rings. The van der Waals surface area contributed by atoms with Gasteiger partial charge >= 0.3 is 5.97 Å². The van der Waals surface area contributed by atoms with Crippen molar-refractivity contribution in [1.29, 1.82) is 0 Å². The average Bonchev–Trinajstić information content (AvgIpc) is 2.16. The quantitative estimate of drug-likeness (QED) is 0.779. The van der Waals surface area contributed by atoms with Gasteiger partial charge in [0.2, 0.25) is 0 Å². The van der Waals surface area contributed by atoms with Gasteiger partial charge in [0, 0.05) is 0 Å². The van der Waals surface area contributed by atoms with E-state index in [1.807, 2.05) is 0 Å². The Labute approximate surface area is 87.2 Å². The number of benzene rings is 1. The standard InChI is InChI=1S/C11H13FO3/c12-9-4-1-8(2-5-9)3-6-10(13)7-11(14)15/h1-2,4-5,10,13H,3,6-7H2,(H,14,15). The van der Waals surface area contributed by atoms with Crippen LogP contribution in [0.25, 0.3) is 0 Å². The molecule has 0 aliphatic carbocycles. The molecule has 0 amide bonds. The molecule has 0 radical (unpaired) electrons. The lowest BCUT2D eigenvalue weighted by atomic mass is 10.1. The van der Waals surface area contributed by atoms with Crippen LogP contribution < -0.4 is 0 Å². The fourth-order valence-electron chi connectivity index (χ4n) is 1.29. The predicted octanol–water partition coefficient (Wildman–Crippen LogP) is 1.59. The van der Waals surface area contributed by atoms with Gasteiger partial charge in [-0.3, -0.25) is 4.79 Å². The summed E-state index contributed by atoms with van der Waals surface area (Å²) in [6.07, 6.45) is -0.166. The normalized spacial score (nSPS) is 12.4. The molecule has 1 rings (SSSR count). The molecule has 0 heterocycles. The Bertz CT molecular complexity index is 321. The van der Waals surface area contributed by atoms with E-state index in [0.717, 1.165) is 5.56 Å². The molecule has 0 spiro atoms. The molecule has 4 heteroatoms. The number of carboxylic acid groups (broad SMARTS) is 1. The van der Waals surface area contributed by atoms with E-state index < -0.39 is 12.1 Å². The molecule has 1 aromatic rings. The van der Waals surface area contributed by atoms with E-state index in [1.54, 1.807) is 12.1 Å². The molecule has 3 nitrogen and oxygen atoms in total. The molecule has 0 fully saturated rings. The largest absolute Gasteiger partial charge is 0.481 e. The number of aryl methyl sites for hydroxylation is 1. The number of hydrogen-bond acceptors (Lipinski definition) is 2. The van der Waals surface area contributed by atoms with Gasteiger partial charge in [-0.2, -0.15) is 0 Å². The van der Waals surface area contributed by atoms with Crippen LogP contribution in [-0.2, 0) is 11.2 Å². The Morgan fingerprint density at radius 1 is 1.33 bits per heavy atom. The Morgan fingerprint density at radius 2 is 1.93 bits per heavy atom. The van der Waals surface area contributed by atoms with Crippen LogP contribution in [0.5, 0.6) is 0 Å². The molecule has 2 N–H and O–H groups in total. The van der Waals surface area contributed by atoms with Crippen LogP contribution in [0.3, 0.4) is 0 Å². The number of aliphatic hydroxyl groups is 1. The predicted molar refractivity (Wildman–Crippen MR) is 53.0 cm³/mol. The van der Waals surface area contributed by atoms with Crippen LogP contribution in [0, 0.1) is 5.82 Å². The summed E-state index contributed by atoms with van der Waals surface area (Å²) in [4.78, 5) is 10.3. The van der Waals surface area contributed by atoms with Crippen molar-refractivity contribution in [1.82, 2.24) is 0 Å². The number of rotatable bonds is 5. The van der Waals surface area contributed by atoms with Gasteiger partial charge in [0.25, 0.3) is 0 Å². The summed E-state index contributed by atoms with van der Waals surface area (Å²) >= 11 is 0. The van der Waals surface area contributed by atoms with Crippen molar-refractivity contribution in [2.24, 2.45) is 0 Å². The highest BCUT2D eigenvalue weighted by Crippen LogP contribution is 2.08. The Balaban J connectivity index is 2.36. The minimum absolute atomic E-state index is 0.249. The molecule has 82 valence electrons. The zero-order valence-electron chi connectivity index (χ0n) is 8.19. The van der Waals surface area contributed by atoms with Gasteiger partial charge in [0.05, 0.1) is 12.5 Å². The molecular weight excluding hydrogens is 199 g/mol. The van der Waals surface area contributed by atoms with Gasteiger partial charge in [-0.1, -0.05) is 12.1 Å². The molecule has 0 saturated heterocycles. The van der Waals surface area contributed by atoms with Crippen molar-refractivity contribution in [2.45, 2.75) is 25.4 Å². The number of halogens is 1. The number of carbonyl (C=O) groups is 1. The zero-order chi connectivity index (χ0) is 11.3. The van der Waals surface area contributed by atoms with E-state index in [1.165, 1.54) is 12.1 Å². The van der Waals surface area contributed by atoms with E-state index in [9.17, 15) is 14.3 Å². The van der Waals surface area contributed by atoms with Crippen LogP contribution in [-0.4, -0.2) is 22.3 Å². The molecule has 15 heavy (non-hydrogen) atoms. The van der Waals surface area contributed by atoms with E-state index >= 15 is 0 Å². The minimum atomic E-state index is -1.01. The highest BCUT2D eigenvalue weighted by molar-refractivity contribution is 5.67. The second kappa shape index (κ2) is 5.46. The average molecular weight is 212 g/mol. The van der Waals surface area contributed by atoms with Crippen LogP contribution in [0.2, 0.25) is 0 Å². The SMILES string of the molecule is O=C(O)CC(O)CCc1ccc(F)cc1. The Hall–Kier alpha value is -1.42. The first-order valence-electron chi connectivity index (χ1n) is 4.72. The van der Waals surface area contributed by atoms with Crippen LogP contribution >= 0.6 is 0 Å². The first-order chi connectivity index (χ1) is 7.08. The first kappa shape index (κ1) is 11.7. The van der Waals surface area contributed by atoms with Gasteiger partial charge in [0.1, 0.15) is 5.82 Å². The highest BCUT2D eigenvalue weighted by Gasteiger charge is 2.09. The topological polar surface area (TPSA) is 57.5 Å². The summed E-state index contributed by atoms with van der Waals surface area (Å²) in [7, 11) is 0. The monoisotopic (exact) mass is 212 g/mol. The lowest BCUT2D eigenvalue weighted by Crippen LogP contribution is -2.13. The van der Waals surface area contributed by atoms with Gasteiger partial charge in [-0.15, -0.1) is 0 Å². The summed E-state index contributed by atoms with van der Waals surface area (Å²) < 4.78 is 12.5. The smallest absolute Gasteiger partial charge is 0.305 e. The Morgan fingerprint density at radius 3 is 2.47 bits per heavy atom. The second-order valence-corrected chi connectivity index (χ2v) is 3.42. The Kier molecular flexibility index (Phi) is 4.24. The second-order valence-electron chi connectivity index (χ2n) is 3.42. The molecule has 0 aromatic heterocycles. The zero-order valence-corrected chi connectivity index (χ0v) is 8.19. The van der Waals surface area contributed by atoms with Gasteiger partial charge in [-0.25, -0.2) is 4.39 Å². The van der Waals surface area contributed by atoms with Crippen LogP contribution in [0.1, 0.15) is 18.4 Å². The van der Waals surface area contributed by atoms with Crippen molar-refractivity contribution in [3.05, 3.63) is 35.6 Å². The number of aliphatic carboxylic acids is 1. The summed E-state index contributed by atoms with van der Waals surface area (Å²) in [5.74, 6) is -1.31. The minimum Gasteiger partial charge on any atom is -0.481 e. The van der Waals surface area contributed by atoms with Crippen molar-refractivity contribution in [2.75, 3.05) is 0 Å². The maximum absolute atomic E-state index is 12.5. The highest BCUT2D eigenvalue weighted by atomic mass is 19.1. The molecule has 0 saturated carbocycles. The van der Waals surface area contributed by atoms with Crippen LogP contribution in [0.15, 0.2) is 24.3 Å². The fourth-order valence-corrected chi connectivity index (χ4v) is 1.29. The van der Waals surface area contributed by atoms with Gasteiger partial charge in [0.15, 0.2) is 0 Å². The third-order valence-corrected chi connectivity index (χ3v) is 2.09. The third-order valence-electron chi connectivity index (χ3n) is 2.09. The molecular formula is C11H13FO3. The number of carboxylic acids is 1. The van der Waals surface area contributed by atoms with Crippen LogP contribution in [0.4, 0.5) is 4.39 Å². The first-order valence-corrected chi connectivity index (χ1v) is 4.72. The molecule has 0 bridgehead atoms. The summed E-state index contributed by atoms with van der Waals surface area (Å²) in [6, 6.07) is 5.95. The van der Waals surface area contributed by atoms with Crippen molar-refractivity contribution in [3.63, 3.8) is 0 Å². The van der Waals surface area contributed by atoms with E-state index in [0.29, 0.717) is 12.8 Å². The van der Waals surface area contributed by atoms with Gasteiger partial charge in [-0.05, 0) is 30.5 Å². The fraction of sp³-hybridized carbons (Fsp3) is 0.364. The number of aliphatic hydroxyl groups excluding tert-OH is 1. The van der Waals surface area contributed by atoms with Crippen molar-refractivity contribution < 1.29 is 19.4 Å². The van der Waals surface area contributed by atoms with E-state index in [-0.39, 0.29) is 12.2 Å². The summed E-state index contributed by atoms with van der Waals surface area (Å²) in [5.41, 5.74) is 0.890. The van der Waals surface area contributed by atoms with Gasteiger partial charge < -0.3 is 10.2 Å². The summed E-state index contributed by atoms with van der Waals surface area (Å²) in [6.45, 7) is 0. The maximum atomic E-state index is 12.5. The lowest BCUT2D eigenvalue weighted by Gasteiger charge is -2.07. The molecule has 1 unspecified atom stereocenters. The lowest BCUT2D eigenvalue weighted by molar-refractivity contribution is -0.139. The maximum Gasteiger partial charge on any atom is 0.305 e.